The number of hydrogen-bond donors (Lipinski definition) is 0. The van der Waals surface area contributed by atoms with Crippen LogP contribution >= 0.6 is 0 Å². The fourth-order valence-corrected chi connectivity index (χ4v) is 0.496. The molecule has 0 bridgehead atoms. The van der Waals surface area contributed by atoms with Crippen molar-refractivity contribution < 1.29 is 4.74 Å². The van der Waals surface area contributed by atoms with Crippen LogP contribution in [0.1, 0.15) is 67.7 Å². The first-order chi connectivity index (χ1) is 6.41. The Balaban J connectivity index is -0.0000000573. The lowest BCUT2D eigenvalue weighted by Gasteiger charge is -1.92. The third-order valence-electron chi connectivity index (χ3n) is 0.952. The maximum atomic E-state index is 4.84. The molecule has 13 heavy (non-hydrogen) atoms. The molecule has 0 atom stereocenters. The van der Waals surface area contributed by atoms with Crippen LogP contribution in [0.25, 0.3) is 0 Å². The van der Waals surface area contributed by atoms with Gasteiger partial charge >= 0.3 is 0 Å². The van der Waals surface area contributed by atoms with E-state index in [0.717, 1.165) is 6.61 Å². The molecule has 0 unspecified atom stereocenters. The van der Waals surface area contributed by atoms with Crippen molar-refractivity contribution in [3.05, 3.63) is 0 Å². The highest BCUT2D eigenvalue weighted by atomic mass is 16.5. The van der Waals surface area contributed by atoms with E-state index >= 15 is 0 Å². The monoisotopic (exact) mass is 192 g/mol. The lowest BCUT2D eigenvalue weighted by atomic mass is 10.3. The standard InChI is InChI=1S/C6H14O.3C2H6/c1-3-4-5-6-7-2;3*1-2/h3-6H2,1-2H3;3*1-2H3. The lowest BCUT2D eigenvalue weighted by Crippen LogP contribution is -1.85. The summed E-state index contributed by atoms with van der Waals surface area (Å²) in [7, 11) is 1.75. The van der Waals surface area contributed by atoms with Crippen LogP contribution in [0.4, 0.5) is 0 Å². The van der Waals surface area contributed by atoms with E-state index in [9.17, 15) is 0 Å². The van der Waals surface area contributed by atoms with Gasteiger partial charge in [-0.2, -0.15) is 0 Å². The molecular weight excluding hydrogens is 160 g/mol. The van der Waals surface area contributed by atoms with Crippen LogP contribution in [-0.4, -0.2) is 13.7 Å². The molecular formula is C12H32O. The van der Waals surface area contributed by atoms with Gasteiger partial charge in [0.05, 0.1) is 0 Å². The van der Waals surface area contributed by atoms with Crippen molar-refractivity contribution in [1.29, 1.82) is 0 Å². The topological polar surface area (TPSA) is 9.23 Å². The van der Waals surface area contributed by atoms with Crippen LogP contribution in [0.5, 0.6) is 0 Å². The first kappa shape index (κ1) is 23.1. The molecule has 0 heterocycles. The third-order valence-corrected chi connectivity index (χ3v) is 0.952. The summed E-state index contributed by atoms with van der Waals surface area (Å²) in [6, 6.07) is 0. The van der Waals surface area contributed by atoms with Crippen LogP contribution in [0, 0.1) is 0 Å². The van der Waals surface area contributed by atoms with Crippen LogP contribution in [-0.2, 0) is 4.74 Å². The van der Waals surface area contributed by atoms with E-state index < -0.39 is 0 Å². The minimum atomic E-state index is 0.924. The molecule has 1 nitrogen and oxygen atoms in total. The van der Waals surface area contributed by atoms with Crippen LogP contribution in [0.3, 0.4) is 0 Å². The van der Waals surface area contributed by atoms with Gasteiger partial charge in [0.25, 0.3) is 0 Å². The van der Waals surface area contributed by atoms with Crippen molar-refractivity contribution in [2.45, 2.75) is 67.7 Å². The Labute approximate surface area is 86.9 Å². The van der Waals surface area contributed by atoms with Gasteiger partial charge in [-0.25, -0.2) is 0 Å². The van der Waals surface area contributed by atoms with Crippen molar-refractivity contribution in [2.24, 2.45) is 0 Å². The summed E-state index contributed by atoms with van der Waals surface area (Å²) < 4.78 is 4.84. The van der Waals surface area contributed by atoms with Gasteiger partial charge in [0.1, 0.15) is 0 Å². The van der Waals surface area contributed by atoms with Gasteiger partial charge in [-0.3, -0.25) is 0 Å². The van der Waals surface area contributed by atoms with Crippen molar-refractivity contribution in [2.75, 3.05) is 13.7 Å². The normalized spacial score (nSPS) is 6.46. The first-order valence-corrected chi connectivity index (χ1v) is 5.90. The minimum Gasteiger partial charge on any atom is -0.385 e. The predicted molar refractivity (Wildman–Crippen MR) is 65.4 cm³/mol. The Morgan fingerprint density at radius 3 is 1.38 bits per heavy atom. The summed E-state index contributed by atoms with van der Waals surface area (Å²) in [4.78, 5) is 0. The summed E-state index contributed by atoms with van der Waals surface area (Å²) in [6.45, 7) is 15.1. The Morgan fingerprint density at radius 2 is 1.15 bits per heavy atom. The molecule has 0 spiro atoms. The second-order valence-corrected chi connectivity index (χ2v) is 1.70. The summed E-state index contributed by atoms with van der Waals surface area (Å²) >= 11 is 0. The predicted octanol–water partition coefficient (Wildman–Crippen LogP) is 4.90. The molecule has 0 saturated heterocycles. The molecule has 1 heteroatoms. The zero-order valence-electron chi connectivity index (χ0n) is 11.2. The third kappa shape index (κ3) is 75.7. The van der Waals surface area contributed by atoms with E-state index in [0.29, 0.717) is 0 Å². The molecule has 0 aliphatic rings. The Kier molecular flexibility index (Phi) is 104. The van der Waals surface area contributed by atoms with Crippen molar-refractivity contribution in [3.8, 4) is 0 Å². The lowest BCUT2D eigenvalue weighted by molar-refractivity contribution is 0.192. The van der Waals surface area contributed by atoms with Gasteiger partial charge in [-0.15, -0.1) is 0 Å². The molecule has 0 aromatic heterocycles. The van der Waals surface area contributed by atoms with Gasteiger partial charge < -0.3 is 4.74 Å². The average molecular weight is 192 g/mol. The zero-order valence-corrected chi connectivity index (χ0v) is 11.2. The number of rotatable bonds is 4. The molecule has 0 amide bonds. The minimum absolute atomic E-state index is 0.924. The summed E-state index contributed by atoms with van der Waals surface area (Å²) in [6.07, 6.45) is 3.80. The Morgan fingerprint density at radius 1 is 0.769 bits per heavy atom. The quantitative estimate of drug-likeness (QED) is 0.576. The highest BCUT2D eigenvalue weighted by Crippen LogP contribution is 1.91. The molecule has 0 aliphatic heterocycles. The molecule has 0 radical (unpaired) electrons. The molecule has 0 rings (SSSR count). The van der Waals surface area contributed by atoms with E-state index in [4.69, 9.17) is 4.74 Å². The Hall–Kier alpha value is -0.0400. The molecule has 0 fully saturated rings. The van der Waals surface area contributed by atoms with Gasteiger partial charge in [0, 0.05) is 13.7 Å². The summed E-state index contributed by atoms with van der Waals surface area (Å²) in [5.41, 5.74) is 0. The van der Waals surface area contributed by atoms with Crippen LogP contribution in [0.2, 0.25) is 0 Å². The molecule has 0 aromatic carbocycles. The average Bonchev–Trinajstić information content (AvgIpc) is 2.27. The van der Waals surface area contributed by atoms with Crippen LogP contribution < -0.4 is 0 Å². The zero-order chi connectivity index (χ0) is 11.5. The van der Waals surface area contributed by atoms with E-state index in [-0.39, 0.29) is 0 Å². The summed E-state index contributed by atoms with van der Waals surface area (Å²) in [5.74, 6) is 0. The van der Waals surface area contributed by atoms with E-state index in [1.54, 1.807) is 7.11 Å². The van der Waals surface area contributed by atoms with Crippen LogP contribution in [0.15, 0.2) is 0 Å². The van der Waals surface area contributed by atoms with Gasteiger partial charge in [-0.05, 0) is 6.42 Å². The maximum absolute atomic E-state index is 4.84. The fourth-order valence-electron chi connectivity index (χ4n) is 0.496. The Bertz CT molecular complexity index is 24.3. The second-order valence-electron chi connectivity index (χ2n) is 1.70. The highest BCUT2D eigenvalue weighted by Gasteiger charge is 1.79. The fraction of sp³-hybridized carbons (Fsp3) is 1.00. The summed E-state index contributed by atoms with van der Waals surface area (Å²) in [5, 5.41) is 0. The molecule has 0 aliphatic carbocycles. The number of unbranched alkanes of at least 4 members (excludes halogenated alkanes) is 2. The van der Waals surface area contributed by atoms with Gasteiger partial charge in [0.2, 0.25) is 0 Å². The van der Waals surface area contributed by atoms with E-state index in [2.05, 4.69) is 6.92 Å². The van der Waals surface area contributed by atoms with Gasteiger partial charge in [-0.1, -0.05) is 61.3 Å². The number of methoxy groups -OCH3 is 1. The number of hydrogen-bond acceptors (Lipinski definition) is 1. The number of ether oxygens (including phenoxy) is 1. The van der Waals surface area contributed by atoms with Crippen molar-refractivity contribution in [1.82, 2.24) is 0 Å². The van der Waals surface area contributed by atoms with Gasteiger partial charge in [0.15, 0.2) is 0 Å². The maximum Gasteiger partial charge on any atom is 0.0462 e. The molecule has 0 aromatic rings. The largest absolute Gasteiger partial charge is 0.385 e. The molecule has 0 N–H and O–H groups in total. The smallest absolute Gasteiger partial charge is 0.0462 e. The van der Waals surface area contributed by atoms with E-state index in [1.807, 2.05) is 41.5 Å². The van der Waals surface area contributed by atoms with Crippen molar-refractivity contribution in [3.63, 3.8) is 0 Å². The SMILES string of the molecule is CC.CC.CC.CCCCCOC. The van der Waals surface area contributed by atoms with E-state index in [1.165, 1.54) is 19.3 Å². The highest BCUT2D eigenvalue weighted by molar-refractivity contribution is 4.32. The second kappa shape index (κ2) is 58.4. The molecule has 86 valence electrons. The van der Waals surface area contributed by atoms with Crippen molar-refractivity contribution >= 4 is 0 Å². The molecule has 0 saturated carbocycles. The first-order valence-electron chi connectivity index (χ1n) is 5.90.